The molecule has 0 fully saturated rings. The Bertz CT molecular complexity index is 363. The van der Waals surface area contributed by atoms with Crippen LogP contribution in [-0.4, -0.2) is 62.7 Å². The molecule has 2 unspecified atom stereocenters. The van der Waals surface area contributed by atoms with Crippen LogP contribution in [0.15, 0.2) is 0 Å². The molecule has 2 atom stereocenters. The third kappa shape index (κ3) is 11.3. The largest absolute Gasteiger partial charge is 0.469 e. The van der Waals surface area contributed by atoms with Gasteiger partial charge in [0, 0.05) is 0 Å². The van der Waals surface area contributed by atoms with Gasteiger partial charge in [0.15, 0.2) is 0 Å². The molecule has 0 bridgehead atoms. The fourth-order valence-electron chi connectivity index (χ4n) is 2.71. The maximum Gasteiger partial charge on any atom is 0.469 e. The molecule has 0 aliphatic carbocycles. The van der Waals surface area contributed by atoms with Gasteiger partial charge in [0.25, 0.3) is 0 Å². The molecule has 0 saturated carbocycles. The Labute approximate surface area is 150 Å². The SMILES string of the molecule is CCCCCC(CCCCC)(OCC(O)COP(=O)(O)O)C(O)CO. The number of hydrogen-bond acceptors (Lipinski definition) is 6. The van der Waals surface area contributed by atoms with E-state index < -0.39 is 38.8 Å². The predicted octanol–water partition coefficient (Wildman–Crippen LogP) is 1.73. The molecule has 0 aromatic carbocycles. The van der Waals surface area contributed by atoms with E-state index in [0.29, 0.717) is 12.8 Å². The van der Waals surface area contributed by atoms with E-state index in [1.54, 1.807) is 0 Å². The summed E-state index contributed by atoms with van der Waals surface area (Å²) in [6.45, 7) is 2.86. The highest BCUT2D eigenvalue weighted by atomic mass is 31.2. The van der Waals surface area contributed by atoms with Crippen molar-refractivity contribution in [2.45, 2.75) is 83.0 Å². The van der Waals surface area contributed by atoms with Gasteiger partial charge in [-0.3, -0.25) is 4.52 Å². The van der Waals surface area contributed by atoms with Gasteiger partial charge in [-0.15, -0.1) is 0 Å². The van der Waals surface area contributed by atoms with Crippen molar-refractivity contribution in [2.75, 3.05) is 19.8 Å². The molecule has 0 aromatic rings. The van der Waals surface area contributed by atoms with Crippen LogP contribution in [0.3, 0.4) is 0 Å². The van der Waals surface area contributed by atoms with Gasteiger partial charge < -0.3 is 29.8 Å². The second kappa shape index (κ2) is 13.2. The van der Waals surface area contributed by atoms with Crippen LogP contribution in [0.5, 0.6) is 0 Å². The summed E-state index contributed by atoms with van der Waals surface area (Å²) < 4.78 is 20.8. The smallest absolute Gasteiger partial charge is 0.394 e. The van der Waals surface area contributed by atoms with Gasteiger partial charge in [0.05, 0.1) is 25.4 Å². The molecule has 25 heavy (non-hydrogen) atoms. The van der Waals surface area contributed by atoms with Crippen molar-refractivity contribution < 1.29 is 38.9 Å². The van der Waals surface area contributed by atoms with Gasteiger partial charge in [-0.1, -0.05) is 52.4 Å². The van der Waals surface area contributed by atoms with Gasteiger partial charge in [-0.05, 0) is 12.8 Å². The average Bonchev–Trinajstić information content (AvgIpc) is 2.56. The first-order valence-electron chi connectivity index (χ1n) is 9.01. The Morgan fingerprint density at radius 2 is 1.48 bits per heavy atom. The third-order valence-corrected chi connectivity index (χ3v) is 4.67. The van der Waals surface area contributed by atoms with Crippen LogP contribution >= 0.6 is 7.82 Å². The Hall–Kier alpha value is -0.0500. The highest BCUT2D eigenvalue weighted by Crippen LogP contribution is 2.36. The molecule has 0 spiro atoms. The summed E-state index contributed by atoms with van der Waals surface area (Å²) in [4.78, 5) is 17.3. The molecule has 0 rings (SSSR count). The fraction of sp³-hybridized carbons (Fsp3) is 1.00. The lowest BCUT2D eigenvalue weighted by Crippen LogP contribution is -2.48. The summed E-state index contributed by atoms with van der Waals surface area (Å²) in [5.74, 6) is 0. The fourth-order valence-corrected chi connectivity index (χ4v) is 3.07. The molecule has 0 heterocycles. The van der Waals surface area contributed by atoms with E-state index >= 15 is 0 Å². The van der Waals surface area contributed by atoms with Crippen LogP contribution in [0.1, 0.15) is 65.2 Å². The van der Waals surface area contributed by atoms with Crippen molar-refractivity contribution in [3.63, 3.8) is 0 Å². The molecule has 0 aliphatic heterocycles. The normalized spacial score (nSPS) is 15.3. The van der Waals surface area contributed by atoms with Crippen molar-refractivity contribution in [1.82, 2.24) is 0 Å². The van der Waals surface area contributed by atoms with E-state index in [9.17, 15) is 19.9 Å². The molecule has 0 aromatic heterocycles. The third-order valence-electron chi connectivity index (χ3n) is 4.19. The molecular formula is C16H35O8P. The minimum Gasteiger partial charge on any atom is -0.394 e. The summed E-state index contributed by atoms with van der Waals surface area (Å²) >= 11 is 0. The summed E-state index contributed by atoms with van der Waals surface area (Å²) in [6, 6.07) is 0. The zero-order valence-corrected chi connectivity index (χ0v) is 16.2. The molecule has 0 saturated heterocycles. The maximum atomic E-state index is 10.7. The van der Waals surface area contributed by atoms with Crippen molar-refractivity contribution in [2.24, 2.45) is 0 Å². The van der Waals surface area contributed by atoms with Crippen LogP contribution in [-0.2, 0) is 13.8 Å². The first-order valence-corrected chi connectivity index (χ1v) is 10.5. The van der Waals surface area contributed by atoms with Crippen molar-refractivity contribution in [1.29, 1.82) is 0 Å². The van der Waals surface area contributed by atoms with Crippen molar-refractivity contribution in [3.8, 4) is 0 Å². The van der Waals surface area contributed by atoms with Gasteiger partial charge in [0.2, 0.25) is 0 Å². The Balaban J connectivity index is 4.88. The van der Waals surface area contributed by atoms with E-state index in [2.05, 4.69) is 18.4 Å². The van der Waals surface area contributed by atoms with Crippen LogP contribution in [0.25, 0.3) is 0 Å². The van der Waals surface area contributed by atoms with E-state index in [-0.39, 0.29) is 6.61 Å². The van der Waals surface area contributed by atoms with Crippen LogP contribution in [0.4, 0.5) is 0 Å². The first-order chi connectivity index (χ1) is 11.7. The lowest BCUT2D eigenvalue weighted by molar-refractivity contribution is -0.164. The lowest BCUT2D eigenvalue weighted by Gasteiger charge is -2.38. The number of phosphoric ester groups is 1. The van der Waals surface area contributed by atoms with Crippen LogP contribution < -0.4 is 0 Å². The first kappa shape index (κ1) is 24.9. The number of rotatable bonds is 16. The molecular weight excluding hydrogens is 351 g/mol. The second-order valence-electron chi connectivity index (χ2n) is 6.43. The molecule has 0 aliphatic rings. The van der Waals surface area contributed by atoms with E-state index in [0.717, 1.165) is 38.5 Å². The summed E-state index contributed by atoms with van der Waals surface area (Å²) in [5.41, 5.74) is -0.984. The quantitative estimate of drug-likeness (QED) is 0.200. The van der Waals surface area contributed by atoms with Gasteiger partial charge in [-0.2, -0.15) is 0 Å². The maximum absolute atomic E-state index is 10.7. The number of hydrogen-bond donors (Lipinski definition) is 5. The lowest BCUT2D eigenvalue weighted by atomic mass is 9.85. The number of aliphatic hydroxyl groups is 3. The summed E-state index contributed by atoms with van der Waals surface area (Å²) in [7, 11) is -4.66. The second-order valence-corrected chi connectivity index (χ2v) is 7.67. The Kier molecular flexibility index (Phi) is 13.1. The summed E-state index contributed by atoms with van der Waals surface area (Å²) in [6.07, 6.45) is 4.30. The molecule has 0 amide bonds. The molecule has 0 radical (unpaired) electrons. The minimum absolute atomic E-state index is 0.241. The number of phosphoric acid groups is 1. The summed E-state index contributed by atoms with van der Waals surface area (Å²) in [5, 5.41) is 29.6. The molecule has 152 valence electrons. The Morgan fingerprint density at radius 1 is 0.960 bits per heavy atom. The molecule has 8 nitrogen and oxygen atoms in total. The van der Waals surface area contributed by atoms with Crippen molar-refractivity contribution >= 4 is 7.82 Å². The highest BCUT2D eigenvalue weighted by molar-refractivity contribution is 7.46. The van der Waals surface area contributed by atoms with Gasteiger partial charge in [-0.25, -0.2) is 4.57 Å². The predicted molar refractivity (Wildman–Crippen MR) is 94.1 cm³/mol. The highest BCUT2D eigenvalue weighted by Gasteiger charge is 2.38. The van der Waals surface area contributed by atoms with Gasteiger partial charge in [0.1, 0.15) is 12.2 Å². The molecule has 9 heteroatoms. The zero-order valence-electron chi connectivity index (χ0n) is 15.3. The zero-order chi connectivity index (χ0) is 19.3. The van der Waals surface area contributed by atoms with Crippen LogP contribution in [0, 0.1) is 0 Å². The minimum atomic E-state index is -4.66. The number of aliphatic hydroxyl groups excluding tert-OH is 3. The topological polar surface area (TPSA) is 137 Å². The van der Waals surface area contributed by atoms with Crippen LogP contribution in [0.2, 0.25) is 0 Å². The molecule has 5 N–H and O–H groups in total. The van der Waals surface area contributed by atoms with Crippen molar-refractivity contribution in [3.05, 3.63) is 0 Å². The monoisotopic (exact) mass is 386 g/mol. The van der Waals surface area contributed by atoms with E-state index in [1.165, 1.54) is 0 Å². The average molecular weight is 386 g/mol. The Morgan fingerprint density at radius 3 is 1.88 bits per heavy atom. The van der Waals surface area contributed by atoms with Gasteiger partial charge >= 0.3 is 7.82 Å². The van der Waals surface area contributed by atoms with E-state index in [1.807, 2.05) is 0 Å². The standard InChI is InChI=1S/C16H35O8P/c1-3-5-7-9-16(15(19)11-17,10-8-6-4-2)23-12-14(18)13-24-25(20,21)22/h14-15,17-19H,3-13H2,1-2H3,(H2,20,21,22). The number of unbranched alkanes of at least 4 members (excludes halogenated alkanes) is 4. The number of ether oxygens (including phenoxy) is 1. The van der Waals surface area contributed by atoms with E-state index in [4.69, 9.17) is 14.5 Å².